The predicted octanol–water partition coefficient (Wildman–Crippen LogP) is 1.30. The number of nitrogens with zero attached hydrogens (tertiary/aromatic N) is 2. The molecule has 1 heterocycles. The minimum atomic E-state index is -2.97. The molecule has 1 aromatic carbocycles. The van der Waals surface area contributed by atoms with Crippen LogP contribution in [0, 0.1) is 0 Å². The van der Waals surface area contributed by atoms with Crippen LogP contribution in [0.4, 0.5) is 11.4 Å². The van der Waals surface area contributed by atoms with E-state index in [1.165, 1.54) is 6.26 Å². The highest BCUT2D eigenvalue weighted by Crippen LogP contribution is 2.29. The second kappa shape index (κ2) is 5.05. The van der Waals surface area contributed by atoms with Crippen molar-refractivity contribution in [2.75, 3.05) is 36.2 Å². The van der Waals surface area contributed by atoms with Crippen LogP contribution in [0.1, 0.15) is 0 Å². The van der Waals surface area contributed by atoms with E-state index in [-0.39, 0.29) is 5.75 Å². The number of hydrogen-bond acceptors (Lipinski definition) is 5. The highest BCUT2D eigenvalue weighted by Gasteiger charge is 2.10. The maximum atomic E-state index is 11.2. The van der Waals surface area contributed by atoms with Gasteiger partial charge < -0.3 is 10.6 Å². The summed E-state index contributed by atoms with van der Waals surface area (Å²) in [5.74, 6) is 0.125. The molecule has 0 aliphatic heterocycles. The van der Waals surface area contributed by atoms with Crippen molar-refractivity contribution in [2.24, 2.45) is 0 Å². The first-order valence-corrected chi connectivity index (χ1v) is 7.95. The van der Waals surface area contributed by atoms with Crippen LogP contribution in [-0.2, 0) is 9.84 Å². The first-order chi connectivity index (χ1) is 8.88. The van der Waals surface area contributed by atoms with Gasteiger partial charge in [-0.05, 0) is 18.2 Å². The van der Waals surface area contributed by atoms with Crippen LogP contribution in [-0.4, -0.2) is 39.0 Å². The molecule has 2 N–H and O–H groups in total. The fraction of sp³-hybridized carbons (Fsp3) is 0.308. The molecule has 0 saturated heterocycles. The number of nitrogens with two attached hydrogens (primary N) is 1. The lowest BCUT2D eigenvalue weighted by Crippen LogP contribution is -2.25. The number of hydrogen-bond donors (Lipinski definition) is 1. The number of fused-ring (bicyclic) bond motifs is 1. The largest absolute Gasteiger partial charge is 0.398 e. The Balaban J connectivity index is 2.37. The number of benzene rings is 1. The number of sulfone groups is 1. The van der Waals surface area contributed by atoms with E-state index in [0.29, 0.717) is 12.2 Å². The lowest BCUT2D eigenvalue weighted by atomic mass is 10.1. The molecular weight excluding hydrogens is 262 g/mol. The Labute approximate surface area is 113 Å². The van der Waals surface area contributed by atoms with Gasteiger partial charge in [0.1, 0.15) is 9.84 Å². The summed E-state index contributed by atoms with van der Waals surface area (Å²) in [6.45, 7) is 0.445. The molecule has 0 aliphatic rings. The molecule has 0 amide bonds. The van der Waals surface area contributed by atoms with E-state index < -0.39 is 9.84 Å². The van der Waals surface area contributed by atoms with Crippen molar-refractivity contribution in [1.82, 2.24) is 4.98 Å². The molecule has 6 heteroatoms. The standard InChI is InChI=1S/C13H17N3O2S/c1-16(7-8-19(2,17)18)13-4-3-12(14)11-9-15-6-5-10(11)13/h3-6,9H,7-8,14H2,1-2H3. The number of pyridine rings is 1. The zero-order valence-electron chi connectivity index (χ0n) is 11.0. The van der Waals surface area contributed by atoms with Crippen LogP contribution in [0.3, 0.4) is 0 Å². The monoisotopic (exact) mass is 279 g/mol. The summed E-state index contributed by atoms with van der Waals surface area (Å²) in [4.78, 5) is 5.98. The summed E-state index contributed by atoms with van der Waals surface area (Å²) in [5.41, 5.74) is 7.54. The highest BCUT2D eigenvalue weighted by atomic mass is 32.2. The summed E-state index contributed by atoms with van der Waals surface area (Å²) < 4.78 is 22.5. The van der Waals surface area contributed by atoms with E-state index in [0.717, 1.165) is 16.5 Å². The number of anilines is 2. The molecule has 1 aromatic heterocycles. The molecule has 0 aliphatic carbocycles. The first kappa shape index (κ1) is 13.6. The van der Waals surface area contributed by atoms with Crippen LogP contribution < -0.4 is 10.6 Å². The number of nitrogen functional groups attached to an aromatic ring is 1. The van der Waals surface area contributed by atoms with Gasteiger partial charge in [-0.2, -0.15) is 0 Å². The third kappa shape index (κ3) is 3.14. The van der Waals surface area contributed by atoms with Crippen LogP contribution in [0.5, 0.6) is 0 Å². The molecule has 19 heavy (non-hydrogen) atoms. The van der Waals surface area contributed by atoms with E-state index >= 15 is 0 Å². The maximum absolute atomic E-state index is 11.2. The molecule has 0 fully saturated rings. The summed E-state index contributed by atoms with van der Waals surface area (Å²) in [6.07, 6.45) is 4.67. The van der Waals surface area contributed by atoms with E-state index in [1.54, 1.807) is 12.4 Å². The Bertz CT molecular complexity index is 698. The fourth-order valence-electron chi connectivity index (χ4n) is 1.95. The molecule has 5 nitrogen and oxygen atoms in total. The third-order valence-electron chi connectivity index (χ3n) is 3.04. The van der Waals surface area contributed by atoms with Crippen LogP contribution in [0.25, 0.3) is 10.8 Å². The second-order valence-electron chi connectivity index (χ2n) is 4.65. The second-order valence-corrected chi connectivity index (χ2v) is 6.91. The van der Waals surface area contributed by atoms with Gasteiger partial charge in [0, 0.05) is 54.4 Å². The van der Waals surface area contributed by atoms with Gasteiger partial charge in [0.05, 0.1) is 5.75 Å². The van der Waals surface area contributed by atoms with Crippen LogP contribution >= 0.6 is 0 Å². The van der Waals surface area contributed by atoms with Crippen molar-refractivity contribution in [3.63, 3.8) is 0 Å². The van der Waals surface area contributed by atoms with Gasteiger partial charge in [-0.1, -0.05) is 0 Å². The predicted molar refractivity (Wildman–Crippen MR) is 79.1 cm³/mol. The Morgan fingerprint density at radius 1 is 1.26 bits per heavy atom. The lowest BCUT2D eigenvalue weighted by molar-refractivity contribution is 0.601. The van der Waals surface area contributed by atoms with Crippen LogP contribution in [0.15, 0.2) is 30.6 Å². The fourth-order valence-corrected chi connectivity index (χ4v) is 2.56. The normalized spacial score (nSPS) is 11.7. The van der Waals surface area contributed by atoms with Gasteiger partial charge in [-0.25, -0.2) is 8.42 Å². The summed E-state index contributed by atoms with van der Waals surface area (Å²) in [6, 6.07) is 5.61. The van der Waals surface area contributed by atoms with E-state index in [9.17, 15) is 8.42 Å². The third-order valence-corrected chi connectivity index (χ3v) is 3.96. The molecule has 2 aromatic rings. The summed E-state index contributed by atoms with van der Waals surface area (Å²) in [7, 11) is -1.10. The minimum Gasteiger partial charge on any atom is -0.398 e. The molecule has 0 radical (unpaired) electrons. The molecule has 0 saturated carbocycles. The topological polar surface area (TPSA) is 76.3 Å². The van der Waals surface area contributed by atoms with Gasteiger partial charge >= 0.3 is 0 Å². The lowest BCUT2D eigenvalue weighted by Gasteiger charge is -2.21. The van der Waals surface area contributed by atoms with E-state index in [1.807, 2.05) is 30.1 Å². The Kier molecular flexibility index (Phi) is 3.61. The maximum Gasteiger partial charge on any atom is 0.149 e. The zero-order valence-corrected chi connectivity index (χ0v) is 11.8. The highest BCUT2D eigenvalue weighted by molar-refractivity contribution is 7.90. The summed E-state index contributed by atoms with van der Waals surface area (Å²) >= 11 is 0. The van der Waals surface area contributed by atoms with Gasteiger partial charge in [0.25, 0.3) is 0 Å². The summed E-state index contributed by atoms with van der Waals surface area (Å²) in [5, 5.41) is 1.86. The molecule has 0 bridgehead atoms. The average Bonchev–Trinajstić information content (AvgIpc) is 2.36. The Morgan fingerprint density at radius 3 is 2.68 bits per heavy atom. The molecule has 2 rings (SSSR count). The van der Waals surface area contributed by atoms with Gasteiger partial charge in [-0.3, -0.25) is 4.98 Å². The average molecular weight is 279 g/mol. The SMILES string of the molecule is CN(CCS(C)(=O)=O)c1ccc(N)c2cnccc12. The Morgan fingerprint density at radius 2 is 2.00 bits per heavy atom. The molecule has 0 atom stereocenters. The van der Waals surface area contributed by atoms with Crippen molar-refractivity contribution < 1.29 is 8.42 Å². The van der Waals surface area contributed by atoms with E-state index in [4.69, 9.17) is 5.73 Å². The van der Waals surface area contributed by atoms with Gasteiger partial charge in [-0.15, -0.1) is 0 Å². The van der Waals surface area contributed by atoms with Crippen molar-refractivity contribution in [2.45, 2.75) is 0 Å². The molecule has 0 spiro atoms. The smallest absolute Gasteiger partial charge is 0.149 e. The van der Waals surface area contributed by atoms with Crippen molar-refractivity contribution in [1.29, 1.82) is 0 Å². The van der Waals surface area contributed by atoms with Crippen molar-refractivity contribution >= 4 is 32.0 Å². The first-order valence-electron chi connectivity index (χ1n) is 5.89. The zero-order chi connectivity index (χ0) is 14.0. The van der Waals surface area contributed by atoms with Crippen molar-refractivity contribution in [3.8, 4) is 0 Å². The number of rotatable bonds is 4. The minimum absolute atomic E-state index is 0.125. The molecular formula is C13H17N3O2S. The van der Waals surface area contributed by atoms with E-state index in [2.05, 4.69) is 4.98 Å². The molecule has 102 valence electrons. The quantitative estimate of drug-likeness (QED) is 0.854. The number of aromatic nitrogens is 1. The van der Waals surface area contributed by atoms with Crippen molar-refractivity contribution in [3.05, 3.63) is 30.6 Å². The Hall–Kier alpha value is -1.82. The van der Waals surface area contributed by atoms with Gasteiger partial charge in [0.15, 0.2) is 0 Å². The molecule has 0 unspecified atom stereocenters. The van der Waals surface area contributed by atoms with Gasteiger partial charge in [0.2, 0.25) is 0 Å². The van der Waals surface area contributed by atoms with Crippen LogP contribution in [0.2, 0.25) is 0 Å².